The molecule has 8 aliphatic heterocycles. The Labute approximate surface area is 305 Å². The van der Waals surface area contributed by atoms with E-state index in [4.69, 9.17) is 23.7 Å². The predicted octanol–water partition coefficient (Wildman–Crippen LogP) is 8.44. The standard InChI is InChI=1S/C40H65O5S3/c1-5-29(25-44-15-1)36-37(30-6-2-16-45-26-30)48-40(34-13-21-43-22-14-34,35-8-4-24-47-28-35)38(31-7-3-23-46-27-31)39(36,32-9-17-41-18-10-32)33-11-19-42-20-12-33/h29-37H,1-28H2. The molecule has 0 N–H and O–H groups in total. The van der Waals surface area contributed by atoms with Crippen molar-refractivity contribution < 1.29 is 23.7 Å². The van der Waals surface area contributed by atoms with Gasteiger partial charge in [-0.25, -0.2) is 0 Å². The molecular weight excluding hydrogens is 657 g/mol. The molecule has 0 aliphatic carbocycles. The normalized spacial score (nSPS) is 42.0. The second-order valence-electron chi connectivity index (χ2n) is 16.7. The molecule has 0 aromatic heterocycles. The summed E-state index contributed by atoms with van der Waals surface area (Å²) in [6, 6.07) is 0. The van der Waals surface area contributed by atoms with E-state index in [1.54, 1.807) is 0 Å². The monoisotopic (exact) mass is 721 g/mol. The summed E-state index contributed by atoms with van der Waals surface area (Å²) in [6.45, 7) is 9.56. The van der Waals surface area contributed by atoms with E-state index < -0.39 is 0 Å². The molecule has 8 heterocycles. The summed E-state index contributed by atoms with van der Waals surface area (Å²) >= 11 is 7.21. The lowest BCUT2D eigenvalue weighted by Gasteiger charge is -2.73. The molecule has 0 aromatic rings. The highest BCUT2D eigenvalue weighted by atomic mass is 32.2. The highest BCUT2D eigenvalue weighted by molar-refractivity contribution is 8.02. The largest absolute Gasteiger partial charge is 0.381 e. The van der Waals surface area contributed by atoms with Crippen molar-refractivity contribution in [2.75, 3.05) is 89.1 Å². The van der Waals surface area contributed by atoms with Gasteiger partial charge in [0.1, 0.15) is 0 Å². The SMILES string of the molecule is C1CSCC([C]2C(C3CCOCC3)(C3CCCSC3)SC(C3CCCOC3)C(C3CCCOC3)C2(C2CCOCC2)C2CCOCC2)C1. The van der Waals surface area contributed by atoms with Gasteiger partial charge in [-0.1, -0.05) is 0 Å². The van der Waals surface area contributed by atoms with E-state index >= 15 is 0 Å². The van der Waals surface area contributed by atoms with Crippen LogP contribution in [-0.2, 0) is 23.7 Å². The third-order valence-corrected chi connectivity index (χ3v) is 19.1. The van der Waals surface area contributed by atoms with Crippen LogP contribution in [0.1, 0.15) is 89.9 Å². The fourth-order valence-corrected chi connectivity index (χ4v) is 18.0. The average molecular weight is 722 g/mol. The second-order valence-corrected chi connectivity index (χ2v) is 20.4. The fraction of sp³-hybridized carbons (Fsp3) is 0.975. The van der Waals surface area contributed by atoms with Gasteiger partial charge in [-0.05, 0) is 166 Å². The van der Waals surface area contributed by atoms with Gasteiger partial charge in [-0.2, -0.15) is 23.5 Å². The van der Waals surface area contributed by atoms with Crippen molar-refractivity contribution in [2.24, 2.45) is 52.8 Å². The Hall–Kier alpha value is 0.850. The minimum atomic E-state index is 0.218. The summed E-state index contributed by atoms with van der Waals surface area (Å²) in [4.78, 5) is 0. The Morgan fingerprint density at radius 3 is 1.56 bits per heavy atom. The third kappa shape index (κ3) is 6.86. The van der Waals surface area contributed by atoms with Gasteiger partial charge in [-0.15, -0.1) is 11.8 Å². The van der Waals surface area contributed by atoms with E-state index in [1.807, 2.05) is 0 Å². The number of thioether (sulfide) groups is 3. The van der Waals surface area contributed by atoms with Crippen LogP contribution in [0, 0.1) is 58.7 Å². The van der Waals surface area contributed by atoms with E-state index in [0.717, 1.165) is 83.8 Å². The van der Waals surface area contributed by atoms with Gasteiger partial charge in [0.15, 0.2) is 0 Å². The maximum Gasteiger partial charge on any atom is 0.0504 e. The van der Waals surface area contributed by atoms with E-state index in [9.17, 15) is 0 Å². The first kappa shape index (κ1) is 35.9. The second kappa shape index (κ2) is 16.9. The van der Waals surface area contributed by atoms with Crippen LogP contribution in [0.4, 0.5) is 0 Å². The maximum absolute atomic E-state index is 6.58. The molecule has 8 heteroatoms. The highest BCUT2D eigenvalue weighted by Gasteiger charge is 2.72. The first-order valence-electron chi connectivity index (χ1n) is 20.4. The third-order valence-electron chi connectivity index (χ3n) is 14.4. The van der Waals surface area contributed by atoms with Crippen LogP contribution < -0.4 is 0 Å². The van der Waals surface area contributed by atoms with E-state index in [2.05, 4.69) is 41.2 Å². The zero-order valence-electron chi connectivity index (χ0n) is 29.8. The lowest BCUT2D eigenvalue weighted by atomic mass is 9.40. The number of ether oxygens (including phenoxy) is 5. The number of hydrogen-bond acceptors (Lipinski definition) is 8. The fourth-order valence-electron chi connectivity index (χ4n) is 12.8. The molecular formula is C40H65O5S3. The molecule has 0 amide bonds. The Kier molecular flexibility index (Phi) is 12.6. The summed E-state index contributed by atoms with van der Waals surface area (Å²) < 4.78 is 32.2. The zero-order chi connectivity index (χ0) is 32.2. The predicted molar refractivity (Wildman–Crippen MR) is 201 cm³/mol. The topological polar surface area (TPSA) is 46.2 Å². The molecule has 7 atom stereocenters. The van der Waals surface area contributed by atoms with Crippen molar-refractivity contribution in [1.29, 1.82) is 0 Å². The molecule has 8 fully saturated rings. The average Bonchev–Trinajstić information content (AvgIpc) is 3.19. The van der Waals surface area contributed by atoms with Crippen molar-refractivity contribution in [2.45, 2.75) is 99.9 Å². The minimum absolute atomic E-state index is 0.218. The summed E-state index contributed by atoms with van der Waals surface area (Å²) in [7, 11) is 0. The first-order valence-corrected chi connectivity index (χ1v) is 23.6. The van der Waals surface area contributed by atoms with E-state index in [-0.39, 0.29) is 10.2 Å². The van der Waals surface area contributed by atoms with Gasteiger partial charge in [0, 0.05) is 75.4 Å². The Morgan fingerprint density at radius 1 is 0.479 bits per heavy atom. The van der Waals surface area contributed by atoms with Crippen LogP contribution >= 0.6 is 35.3 Å². The quantitative estimate of drug-likeness (QED) is 0.260. The molecule has 0 bridgehead atoms. The van der Waals surface area contributed by atoms with E-state index in [0.29, 0.717) is 34.8 Å². The van der Waals surface area contributed by atoms with Crippen molar-refractivity contribution in [3.8, 4) is 0 Å². The van der Waals surface area contributed by atoms with Crippen molar-refractivity contribution in [3.05, 3.63) is 5.92 Å². The molecule has 273 valence electrons. The van der Waals surface area contributed by atoms with Gasteiger partial charge in [0.05, 0.1) is 6.61 Å². The van der Waals surface area contributed by atoms with Crippen LogP contribution in [0.15, 0.2) is 0 Å². The highest BCUT2D eigenvalue weighted by Crippen LogP contribution is 2.76. The summed E-state index contributed by atoms with van der Waals surface area (Å²) in [5.41, 5.74) is 0.218. The molecule has 0 aromatic carbocycles. The van der Waals surface area contributed by atoms with Gasteiger partial charge in [0.2, 0.25) is 0 Å². The van der Waals surface area contributed by atoms with Gasteiger partial charge >= 0.3 is 0 Å². The lowest BCUT2D eigenvalue weighted by Crippen LogP contribution is -2.71. The zero-order valence-corrected chi connectivity index (χ0v) is 32.2. The molecule has 8 aliphatic rings. The van der Waals surface area contributed by atoms with Crippen LogP contribution in [-0.4, -0.2) is 99.1 Å². The molecule has 8 saturated heterocycles. The van der Waals surface area contributed by atoms with Crippen molar-refractivity contribution in [1.82, 2.24) is 0 Å². The van der Waals surface area contributed by atoms with E-state index in [1.165, 1.54) is 113 Å². The molecule has 8 rings (SSSR count). The summed E-state index contributed by atoms with van der Waals surface area (Å²) in [6.07, 6.45) is 18.2. The van der Waals surface area contributed by atoms with Gasteiger partial charge in [-0.3, -0.25) is 0 Å². The van der Waals surface area contributed by atoms with Crippen molar-refractivity contribution >= 4 is 35.3 Å². The Bertz CT molecular complexity index is 937. The smallest absolute Gasteiger partial charge is 0.0504 e. The van der Waals surface area contributed by atoms with Gasteiger partial charge in [0.25, 0.3) is 0 Å². The summed E-state index contributed by atoms with van der Waals surface area (Å²) in [5.74, 6) is 13.1. The number of rotatable bonds is 7. The Balaban J connectivity index is 1.40. The molecule has 0 spiro atoms. The first-order chi connectivity index (χ1) is 23.8. The maximum atomic E-state index is 6.58. The minimum Gasteiger partial charge on any atom is -0.381 e. The van der Waals surface area contributed by atoms with Crippen LogP contribution in [0.3, 0.4) is 0 Å². The van der Waals surface area contributed by atoms with Crippen LogP contribution in [0.25, 0.3) is 0 Å². The summed E-state index contributed by atoms with van der Waals surface area (Å²) in [5, 5.41) is 0.637. The molecule has 7 unspecified atom stereocenters. The molecule has 0 saturated carbocycles. The Morgan fingerprint density at radius 2 is 1.04 bits per heavy atom. The number of hydrogen-bond donors (Lipinski definition) is 0. The molecule has 48 heavy (non-hydrogen) atoms. The van der Waals surface area contributed by atoms with Crippen LogP contribution in [0.2, 0.25) is 0 Å². The lowest BCUT2D eigenvalue weighted by molar-refractivity contribution is -0.138. The van der Waals surface area contributed by atoms with Gasteiger partial charge < -0.3 is 23.7 Å². The molecule has 5 nitrogen and oxygen atoms in total. The van der Waals surface area contributed by atoms with Crippen molar-refractivity contribution in [3.63, 3.8) is 0 Å². The van der Waals surface area contributed by atoms with Crippen LogP contribution in [0.5, 0.6) is 0 Å². The molecule has 1 radical (unpaired) electrons.